The number of carbonyl (C=O) groups is 2. The second kappa shape index (κ2) is 8.36. The first kappa shape index (κ1) is 18.5. The number of amides is 3. The van der Waals surface area contributed by atoms with Crippen LogP contribution in [0.5, 0.6) is 0 Å². The molecule has 1 aromatic carbocycles. The fourth-order valence-electron chi connectivity index (χ4n) is 3.38. The Kier molecular flexibility index (Phi) is 5.93. The minimum absolute atomic E-state index is 0.0440. The van der Waals surface area contributed by atoms with Gasteiger partial charge in [0.1, 0.15) is 11.3 Å². The van der Waals surface area contributed by atoms with Crippen LogP contribution < -0.4 is 10.6 Å². The number of furan rings is 1. The number of hydrogen-bond donors (Lipinski definition) is 2. The Morgan fingerprint density at radius 1 is 1.27 bits per heavy atom. The van der Waals surface area contributed by atoms with Gasteiger partial charge in [0.25, 0.3) is 0 Å². The van der Waals surface area contributed by atoms with Crippen molar-refractivity contribution in [2.45, 2.75) is 51.1 Å². The Morgan fingerprint density at radius 2 is 2.00 bits per heavy atom. The smallest absolute Gasteiger partial charge is 0.321 e. The van der Waals surface area contributed by atoms with E-state index in [1.807, 2.05) is 49.2 Å². The van der Waals surface area contributed by atoms with Crippen LogP contribution >= 0.6 is 0 Å². The van der Waals surface area contributed by atoms with Gasteiger partial charge < -0.3 is 9.73 Å². The normalized spacial score (nSPS) is 16.1. The van der Waals surface area contributed by atoms with Crippen molar-refractivity contribution in [1.29, 1.82) is 0 Å². The van der Waals surface area contributed by atoms with Gasteiger partial charge in [0.15, 0.2) is 0 Å². The van der Waals surface area contributed by atoms with E-state index in [0.29, 0.717) is 6.54 Å². The number of para-hydroxylation sites is 1. The minimum Gasteiger partial charge on any atom is -0.459 e. The molecule has 3 amide bonds. The van der Waals surface area contributed by atoms with E-state index in [0.717, 1.165) is 42.4 Å². The Labute approximate surface area is 153 Å². The average Bonchev–Trinajstić information content (AvgIpc) is 3.27. The highest BCUT2D eigenvalue weighted by atomic mass is 16.3. The van der Waals surface area contributed by atoms with Crippen molar-refractivity contribution in [1.82, 2.24) is 15.5 Å². The predicted octanol–water partition coefficient (Wildman–Crippen LogP) is 3.58. The van der Waals surface area contributed by atoms with Crippen molar-refractivity contribution in [3.05, 3.63) is 36.1 Å². The van der Waals surface area contributed by atoms with Crippen LogP contribution in [0.3, 0.4) is 0 Å². The standard InChI is InChI=1S/C20H27N3O3/c1-14(18-13-15-7-3-6-10-17(15)26-18)23(2)12-11-19(24)22-20(25)21-16-8-4-5-9-16/h3,6-7,10,13-14,16H,4-5,8-9,11-12H2,1-2H3,(H2,21,22,24,25)/t14-/m1/s1. The summed E-state index contributed by atoms with van der Waals surface area (Å²) in [7, 11) is 1.95. The number of nitrogens with one attached hydrogen (secondary N) is 2. The molecule has 1 fully saturated rings. The van der Waals surface area contributed by atoms with Crippen molar-refractivity contribution < 1.29 is 14.0 Å². The Bertz CT molecular complexity index is 732. The molecule has 0 unspecified atom stereocenters. The summed E-state index contributed by atoms with van der Waals surface area (Å²) in [6, 6.07) is 9.80. The summed E-state index contributed by atoms with van der Waals surface area (Å²) in [6.45, 7) is 2.59. The van der Waals surface area contributed by atoms with Gasteiger partial charge in [-0.2, -0.15) is 0 Å². The molecule has 6 nitrogen and oxygen atoms in total. The molecule has 1 aliphatic rings. The molecule has 1 aromatic heterocycles. The molecule has 140 valence electrons. The maximum atomic E-state index is 12.0. The van der Waals surface area contributed by atoms with Gasteiger partial charge in [-0.05, 0) is 38.9 Å². The van der Waals surface area contributed by atoms with E-state index in [9.17, 15) is 9.59 Å². The van der Waals surface area contributed by atoms with Crippen molar-refractivity contribution in [3.63, 3.8) is 0 Å². The molecule has 3 rings (SSSR count). The molecule has 0 bridgehead atoms. The highest BCUT2D eigenvalue weighted by Gasteiger charge is 2.20. The molecule has 1 saturated carbocycles. The largest absolute Gasteiger partial charge is 0.459 e. The molecule has 0 spiro atoms. The van der Waals surface area contributed by atoms with Crippen LogP contribution in [-0.4, -0.2) is 36.5 Å². The third-order valence-electron chi connectivity index (χ3n) is 5.15. The first-order valence-electron chi connectivity index (χ1n) is 9.32. The molecule has 0 aliphatic heterocycles. The number of nitrogens with zero attached hydrogens (tertiary/aromatic N) is 1. The van der Waals surface area contributed by atoms with Crippen LogP contribution in [0.2, 0.25) is 0 Å². The third kappa shape index (κ3) is 4.64. The van der Waals surface area contributed by atoms with Crippen LogP contribution in [-0.2, 0) is 4.79 Å². The van der Waals surface area contributed by atoms with Crippen LogP contribution in [0.4, 0.5) is 4.79 Å². The topological polar surface area (TPSA) is 74.6 Å². The lowest BCUT2D eigenvalue weighted by Gasteiger charge is -2.22. The number of fused-ring (bicyclic) bond motifs is 1. The summed E-state index contributed by atoms with van der Waals surface area (Å²) < 4.78 is 5.89. The van der Waals surface area contributed by atoms with Gasteiger partial charge in [0.05, 0.1) is 6.04 Å². The third-order valence-corrected chi connectivity index (χ3v) is 5.15. The van der Waals surface area contributed by atoms with Crippen molar-refractivity contribution in [3.8, 4) is 0 Å². The molecule has 2 N–H and O–H groups in total. The Morgan fingerprint density at radius 3 is 2.73 bits per heavy atom. The van der Waals surface area contributed by atoms with E-state index >= 15 is 0 Å². The average molecular weight is 357 g/mol. The van der Waals surface area contributed by atoms with Crippen molar-refractivity contribution in [2.24, 2.45) is 0 Å². The zero-order chi connectivity index (χ0) is 18.5. The summed E-state index contributed by atoms with van der Waals surface area (Å²) >= 11 is 0. The number of imide groups is 1. The van der Waals surface area contributed by atoms with Crippen molar-refractivity contribution >= 4 is 22.9 Å². The molecular weight excluding hydrogens is 330 g/mol. The van der Waals surface area contributed by atoms with Crippen LogP contribution in [0.15, 0.2) is 34.7 Å². The fraction of sp³-hybridized carbons (Fsp3) is 0.500. The summed E-state index contributed by atoms with van der Waals surface area (Å²) in [5, 5.41) is 6.36. The first-order chi connectivity index (χ1) is 12.5. The quantitative estimate of drug-likeness (QED) is 0.829. The molecule has 0 saturated heterocycles. The van der Waals surface area contributed by atoms with Gasteiger partial charge in [0, 0.05) is 24.4 Å². The lowest BCUT2D eigenvalue weighted by Crippen LogP contribution is -2.44. The summed E-state index contributed by atoms with van der Waals surface area (Å²) in [4.78, 5) is 25.9. The molecule has 2 aromatic rings. The highest BCUT2D eigenvalue weighted by molar-refractivity contribution is 5.94. The highest BCUT2D eigenvalue weighted by Crippen LogP contribution is 2.26. The number of rotatable bonds is 6. The van der Waals surface area contributed by atoms with Gasteiger partial charge in [-0.15, -0.1) is 0 Å². The van der Waals surface area contributed by atoms with Gasteiger partial charge in [-0.25, -0.2) is 4.79 Å². The molecule has 0 radical (unpaired) electrons. The number of hydrogen-bond acceptors (Lipinski definition) is 4. The number of urea groups is 1. The summed E-state index contributed by atoms with van der Waals surface area (Å²) in [5.74, 6) is 0.609. The lowest BCUT2D eigenvalue weighted by molar-refractivity contribution is -0.120. The van der Waals surface area contributed by atoms with E-state index < -0.39 is 0 Å². The first-order valence-corrected chi connectivity index (χ1v) is 9.32. The van der Waals surface area contributed by atoms with Gasteiger partial charge >= 0.3 is 6.03 Å². The molecule has 1 atom stereocenters. The molecule has 1 aliphatic carbocycles. The molecular formula is C20H27N3O3. The van der Waals surface area contributed by atoms with Crippen LogP contribution in [0.25, 0.3) is 11.0 Å². The SMILES string of the molecule is C[C@H](c1cc2ccccc2o1)N(C)CCC(=O)NC(=O)NC1CCCC1. The Hall–Kier alpha value is -2.34. The molecule has 1 heterocycles. The summed E-state index contributed by atoms with van der Waals surface area (Å²) in [6.07, 6.45) is 4.55. The maximum absolute atomic E-state index is 12.0. The number of carbonyl (C=O) groups excluding carboxylic acids is 2. The van der Waals surface area contributed by atoms with Crippen LogP contribution in [0, 0.1) is 0 Å². The lowest BCUT2D eigenvalue weighted by atomic mass is 10.2. The van der Waals surface area contributed by atoms with E-state index in [4.69, 9.17) is 4.42 Å². The van der Waals surface area contributed by atoms with Crippen LogP contribution in [0.1, 0.15) is 50.8 Å². The van der Waals surface area contributed by atoms with E-state index in [2.05, 4.69) is 10.6 Å². The summed E-state index contributed by atoms with van der Waals surface area (Å²) in [5.41, 5.74) is 0.865. The molecule has 26 heavy (non-hydrogen) atoms. The fourth-order valence-corrected chi connectivity index (χ4v) is 3.38. The van der Waals surface area contributed by atoms with Gasteiger partial charge in [-0.3, -0.25) is 15.0 Å². The van der Waals surface area contributed by atoms with Crippen molar-refractivity contribution in [2.75, 3.05) is 13.6 Å². The predicted molar refractivity (Wildman–Crippen MR) is 101 cm³/mol. The Balaban J connectivity index is 1.45. The zero-order valence-corrected chi connectivity index (χ0v) is 15.5. The second-order valence-corrected chi connectivity index (χ2v) is 7.10. The van der Waals surface area contributed by atoms with E-state index in [-0.39, 0.29) is 30.4 Å². The zero-order valence-electron chi connectivity index (χ0n) is 15.5. The van der Waals surface area contributed by atoms with E-state index in [1.54, 1.807) is 0 Å². The maximum Gasteiger partial charge on any atom is 0.321 e. The van der Waals surface area contributed by atoms with Gasteiger partial charge in [-0.1, -0.05) is 31.0 Å². The number of benzene rings is 1. The monoisotopic (exact) mass is 357 g/mol. The molecule has 6 heteroatoms. The second-order valence-electron chi connectivity index (χ2n) is 7.10. The minimum atomic E-state index is -0.380. The van der Waals surface area contributed by atoms with E-state index in [1.165, 1.54) is 0 Å². The van der Waals surface area contributed by atoms with Gasteiger partial charge in [0.2, 0.25) is 5.91 Å².